The largest absolute Gasteiger partial charge is 0.454 e. The van der Waals surface area contributed by atoms with Crippen molar-refractivity contribution in [1.82, 2.24) is 0 Å². The molecule has 1 heterocycles. The molecule has 0 spiro atoms. The van der Waals surface area contributed by atoms with Gasteiger partial charge in [0.25, 0.3) is 5.91 Å². The second-order valence-corrected chi connectivity index (χ2v) is 5.92. The van der Waals surface area contributed by atoms with Crippen molar-refractivity contribution in [2.24, 2.45) is 0 Å². The number of carbonyl (C=O) groups is 1. The van der Waals surface area contributed by atoms with Crippen LogP contribution in [-0.2, 0) is 0 Å². The molecule has 0 aliphatic carbocycles. The molecule has 20 heavy (non-hydrogen) atoms. The lowest BCUT2D eigenvalue weighted by Gasteiger charge is -2.08. The molecule has 3 rings (SSSR count). The monoisotopic (exact) mass is 397 g/mol. The molecular formula is C14H9Br2NO3. The summed E-state index contributed by atoms with van der Waals surface area (Å²) in [5.74, 6) is 1.05. The number of hydrogen-bond donors (Lipinski definition) is 1. The van der Waals surface area contributed by atoms with Gasteiger partial charge in [-0.3, -0.25) is 4.79 Å². The number of fused-ring (bicyclic) bond motifs is 1. The number of carbonyl (C=O) groups excluding carboxylic acids is 1. The molecule has 0 radical (unpaired) electrons. The Hall–Kier alpha value is -1.53. The van der Waals surface area contributed by atoms with E-state index in [0.717, 1.165) is 8.95 Å². The molecule has 1 amide bonds. The van der Waals surface area contributed by atoms with Crippen LogP contribution in [0.15, 0.2) is 45.3 Å². The standard InChI is InChI=1S/C14H9Br2NO3/c15-9-2-3-11(10(16)6-9)17-14(18)8-1-4-12-13(5-8)20-7-19-12/h1-6H,7H2,(H,17,18). The van der Waals surface area contributed by atoms with E-state index in [-0.39, 0.29) is 12.7 Å². The number of nitrogens with one attached hydrogen (secondary N) is 1. The van der Waals surface area contributed by atoms with Crippen LogP contribution in [-0.4, -0.2) is 12.7 Å². The Labute approximate surface area is 132 Å². The highest BCUT2D eigenvalue weighted by Crippen LogP contribution is 2.33. The highest BCUT2D eigenvalue weighted by Gasteiger charge is 2.16. The number of halogens is 2. The number of hydrogen-bond acceptors (Lipinski definition) is 3. The minimum absolute atomic E-state index is 0.193. The molecule has 102 valence electrons. The summed E-state index contributed by atoms with van der Waals surface area (Å²) < 4.78 is 12.2. The molecule has 0 aromatic heterocycles. The molecule has 2 aromatic rings. The minimum atomic E-state index is -0.202. The van der Waals surface area contributed by atoms with E-state index in [9.17, 15) is 4.79 Å². The van der Waals surface area contributed by atoms with Crippen LogP contribution in [0.4, 0.5) is 5.69 Å². The summed E-state index contributed by atoms with van der Waals surface area (Å²) in [6.07, 6.45) is 0. The van der Waals surface area contributed by atoms with Gasteiger partial charge in [0.15, 0.2) is 11.5 Å². The predicted molar refractivity (Wildman–Crippen MR) is 82.4 cm³/mol. The van der Waals surface area contributed by atoms with Gasteiger partial charge in [-0.2, -0.15) is 0 Å². The molecule has 0 bridgehead atoms. The van der Waals surface area contributed by atoms with Crippen molar-refractivity contribution in [3.8, 4) is 11.5 Å². The molecule has 0 saturated heterocycles. The molecule has 4 nitrogen and oxygen atoms in total. The van der Waals surface area contributed by atoms with Crippen LogP contribution < -0.4 is 14.8 Å². The van der Waals surface area contributed by atoms with E-state index in [1.165, 1.54) is 0 Å². The Morgan fingerprint density at radius 1 is 1.05 bits per heavy atom. The lowest BCUT2D eigenvalue weighted by Crippen LogP contribution is -2.12. The maximum absolute atomic E-state index is 12.2. The summed E-state index contributed by atoms with van der Waals surface area (Å²) in [7, 11) is 0. The lowest BCUT2D eigenvalue weighted by atomic mass is 10.2. The van der Waals surface area contributed by atoms with Crippen LogP contribution in [0.2, 0.25) is 0 Å². The molecule has 0 unspecified atom stereocenters. The lowest BCUT2D eigenvalue weighted by molar-refractivity contribution is 0.102. The molecule has 0 saturated carbocycles. The number of benzene rings is 2. The molecule has 1 N–H and O–H groups in total. The first-order valence-corrected chi connectivity index (χ1v) is 7.38. The summed E-state index contributed by atoms with van der Waals surface area (Å²) in [5, 5.41) is 2.84. The fourth-order valence-corrected chi connectivity index (χ4v) is 2.97. The van der Waals surface area contributed by atoms with Gasteiger partial charge in [0.2, 0.25) is 6.79 Å². The van der Waals surface area contributed by atoms with Gasteiger partial charge in [0, 0.05) is 14.5 Å². The van der Waals surface area contributed by atoms with Crippen LogP contribution >= 0.6 is 31.9 Å². The van der Waals surface area contributed by atoms with E-state index in [1.54, 1.807) is 18.2 Å². The van der Waals surface area contributed by atoms with Crippen molar-refractivity contribution in [1.29, 1.82) is 0 Å². The van der Waals surface area contributed by atoms with Gasteiger partial charge in [-0.1, -0.05) is 15.9 Å². The first-order valence-electron chi connectivity index (χ1n) is 5.79. The van der Waals surface area contributed by atoms with Crippen LogP contribution in [0.25, 0.3) is 0 Å². The summed E-state index contributed by atoms with van der Waals surface area (Å²) in [5.41, 5.74) is 1.22. The summed E-state index contributed by atoms with van der Waals surface area (Å²) >= 11 is 6.78. The van der Waals surface area contributed by atoms with Crippen LogP contribution in [0.5, 0.6) is 11.5 Å². The van der Waals surface area contributed by atoms with E-state index in [4.69, 9.17) is 9.47 Å². The Morgan fingerprint density at radius 2 is 1.85 bits per heavy atom. The first kappa shape index (κ1) is 13.5. The molecular weight excluding hydrogens is 390 g/mol. The highest BCUT2D eigenvalue weighted by atomic mass is 79.9. The van der Waals surface area contributed by atoms with Crippen LogP contribution in [0, 0.1) is 0 Å². The fraction of sp³-hybridized carbons (Fsp3) is 0.0714. The van der Waals surface area contributed by atoms with E-state index in [1.807, 2.05) is 18.2 Å². The van der Waals surface area contributed by atoms with E-state index < -0.39 is 0 Å². The molecule has 2 aromatic carbocycles. The SMILES string of the molecule is O=C(Nc1ccc(Br)cc1Br)c1ccc2c(c1)OCO2. The second kappa shape index (κ2) is 5.46. The number of ether oxygens (including phenoxy) is 2. The molecule has 1 aliphatic heterocycles. The summed E-state index contributed by atoms with van der Waals surface area (Å²) in [6.45, 7) is 0.193. The van der Waals surface area contributed by atoms with Crippen molar-refractivity contribution in [2.45, 2.75) is 0 Å². The molecule has 0 fully saturated rings. The maximum Gasteiger partial charge on any atom is 0.255 e. The Morgan fingerprint density at radius 3 is 2.65 bits per heavy atom. The third-order valence-corrected chi connectivity index (χ3v) is 3.96. The maximum atomic E-state index is 12.2. The molecule has 0 atom stereocenters. The van der Waals surface area contributed by atoms with Crippen molar-refractivity contribution in [3.05, 3.63) is 50.9 Å². The van der Waals surface area contributed by atoms with Crippen molar-refractivity contribution >= 4 is 43.5 Å². The van der Waals surface area contributed by atoms with Crippen LogP contribution in [0.3, 0.4) is 0 Å². The Bertz CT molecular complexity index is 688. The second-order valence-electron chi connectivity index (χ2n) is 4.15. The van der Waals surface area contributed by atoms with Gasteiger partial charge in [0.05, 0.1) is 5.69 Å². The quantitative estimate of drug-likeness (QED) is 0.824. The fourth-order valence-electron chi connectivity index (χ4n) is 1.82. The van der Waals surface area contributed by atoms with E-state index >= 15 is 0 Å². The summed E-state index contributed by atoms with van der Waals surface area (Å²) in [4.78, 5) is 12.2. The summed E-state index contributed by atoms with van der Waals surface area (Å²) in [6, 6.07) is 10.7. The number of anilines is 1. The number of amides is 1. The molecule has 1 aliphatic rings. The van der Waals surface area contributed by atoms with Crippen molar-refractivity contribution < 1.29 is 14.3 Å². The van der Waals surface area contributed by atoms with Crippen molar-refractivity contribution in [2.75, 3.05) is 12.1 Å². The normalized spacial score (nSPS) is 12.3. The number of rotatable bonds is 2. The van der Waals surface area contributed by atoms with Gasteiger partial charge < -0.3 is 14.8 Å². The minimum Gasteiger partial charge on any atom is -0.454 e. The Balaban J connectivity index is 1.82. The van der Waals surface area contributed by atoms with Crippen molar-refractivity contribution in [3.63, 3.8) is 0 Å². The zero-order valence-corrected chi connectivity index (χ0v) is 13.3. The van der Waals surface area contributed by atoms with Gasteiger partial charge in [0.1, 0.15) is 0 Å². The predicted octanol–water partition coefficient (Wildman–Crippen LogP) is 4.19. The zero-order chi connectivity index (χ0) is 14.1. The zero-order valence-electron chi connectivity index (χ0n) is 10.2. The average Bonchev–Trinajstić information content (AvgIpc) is 2.89. The van der Waals surface area contributed by atoms with E-state index in [0.29, 0.717) is 22.7 Å². The van der Waals surface area contributed by atoms with Crippen LogP contribution in [0.1, 0.15) is 10.4 Å². The smallest absolute Gasteiger partial charge is 0.255 e. The highest BCUT2D eigenvalue weighted by molar-refractivity contribution is 9.11. The van der Waals surface area contributed by atoms with E-state index in [2.05, 4.69) is 37.2 Å². The third kappa shape index (κ3) is 2.66. The Kier molecular flexibility index (Phi) is 3.67. The van der Waals surface area contributed by atoms with Gasteiger partial charge in [-0.05, 0) is 52.3 Å². The van der Waals surface area contributed by atoms with Gasteiger partial charge in [-0.15, -0.1) is 0 Å². The first-order chi connectivity index (χ1) is 9.63. The topological polar surface area (TPSA) is 47.6 Å². The van der Waals surface area contributed by atoms with Gasteiger partial charge in [-0.25, -0.2) is 0 Å². The molecule has 6 heteroatoms. The average molecular weight is 399 g/mol. The van der Waals surface area contributed by atoms with Gasteiger partial charge >= 0.3 is 0 Å². The third-order valence-electron chi connectivity index (χ3n) is 2.81.